The number of ether oxygens (including phenoxy) is 1. The van der Waals surface area contributed by atoms with Gasteiger partial charge in [-0.1, -0.05) is 66.7 Å². The van der Waals surface area contributed by atoms with Crippen molar-refractivity contribution in [2.45, 2.75) is 6.61 Å². The van der Waals surface area contributed by atoms with Gasteiger partial charge < -0.3 is 21.5 Å². The fourth-order valence-corrected chi connectivity index (χ4v) is 4.18. The number of anilines is 2. The summed E-state index contributed by atoms with van der Waals surface area (Å²) in [4.78, 5) is 12.6. The third-order valence-electron chi connectivity index (χ3n) is 6.24. The van der Waals surface area contributed by atoms with Crippen LogP contribution in [0.15, 0.2) is 108 Å². The van der Waals surface area contributed by atoms with E-state index in [1.54, 1.807) is 16.8 Å². The van der Waals surface area contributed by atoms with Crippen molar-refractivity contribution in [1.82, 2.24) is 29.8 Å². The van der Waals surface area contributed by atoms with E-state index in [0.29, 0.717) is 18.2 Å². The van der Waals surface area contributed by atoms with E-state index in [4.69, 9.17) is 16.2 Å². The molecule has 3 aromatic heterocycles. The summed E-state index contributed by atoms with van der Waals surface area (Å²) in [7, 11) is 0. The molecule has 0 atom stereocenters. The summed E-state index contributed by atoms with van der Waals surface area (Å²) in [6.07, 6.45) is 5.57. The van der Waals surface area contributed by atoms with Gasteiger partial charge in [0, 0.05) is 23.0 Å². The minimum absolute atomic E-state index is 0.180. The molecule has 0 unspecified atom stereocenters. The fraction of sp³-hybridized carbons (Fsp3) is 0.0323. The number of hydrogen-bond acceptors (Lipinski definition) is 8. The molecule has 3 heterocycles. The first-order chi connectivity index (χ1) is 20.6. The second-order valence-electron chi connectivity index (χ2n) is 9.16. The van der Waals surface area contributed by atoms with Crippen LogP contribution in [0.4, 0.5) is 17.5 Å². The normalized spacial score (nSPS) is 11.7. The lowest BCUT2D eigenvalue weighted by Gasteiger charge is -2.13. The number of benzene rings is 3. The average molecular weight is 555 g/mol. The second-order valence-corrected chi connectivity index (χ2v) is 9.16. The SMILES string of the molecule is NC(=Nc1ccc(-c2ccccc2)nn1)Nc1ccccc1COc1ccc(C=Cc2ccnc3nc(N)nn23)cc1. The van der Waals surface area contributed by atoms with Crippen molar-refractivity contribution < 1.29 is 4.74 Å². The van der Waals surface area contributed by atoms with Crippen molar-refractivity contribution >= 4 is 41.3 Å². The topological polar surface area (TPSA) is 155 Å². The summed E-state index contributed by atoms with van der Waals surface area (Å²) >= 11 is 0. The Bertz CT molecular complexity index is 1860. The van der Waals surface area contributed by atoms with E-state index < -0.39 is 0 Å². The number of nitrogens with two attached hydrogens (primary N) is 2. The van der Waals surface area contributed by atoms with Gasteiger partial charge in [-0.15, -0.1) is 15.3 Å². The number of aliphatic imine (C=N–C) groups is 1. The number of rotatable bonds is 8. The quantitative estimate of drug-likeness (QED) is 0.175. The first kappa shape index (κ1) is 26.1. The zero-order valence-corrected chi connectivity index (χ0v) is 22.4. The van der Waals surface area contributed by atoms with E-state index in [-0.39, 0.29) is 11.9 Å². The molecule has 6 rings (SSSR count). The molecule has 0 bridgehead atoms. The molecule has 5 N–H and O–H groups in total. The van der Waals surface area contributed by atoms with Crippen LogP contribution in [0, 0.1) is 0 Å². The molecule has 6 aromatic rings. The minimum Gasteiger partial charge on any atom is -0.489 e. The minimum atomic E-state index is 0.180. The highest BCUT2D eigenvalue weighted by atomic mass is 16.5. The number of nitrogen functional groups attached to an aromatic ring is 1. The highest BCUT2D eigenvalue weighted by Gasteiger charge is 2.07. The lowest BCUT2D eigenvalue weighted by Crippen LogP contribution is -2.23. The largest absolute Gasteiger partial charge is 0.489 e. The van der Waals surface area contributed by atoms with Crippen molar-refractivity contribution in [2.24, 2.45) is 10.7 Å². The summed E-state index contributed by atoms with van der Waals surface area (Å²) in [6.45, 7) is 0.333. The molecule has 0 saturated carbocycles. The van der Waals surface area contributed by atoms with E-state index in [2.05, 4.69) is 35.6 Å². The molecular weight excluding hydrogens is 528 g/mol. The average Bonchev–Trinajstić information content (AvgIpc) is 3.42. The molecule has 0 fully saturated rings. The van der Waals surface area contributed by atoms with Crippen LogP contribution in [0.3, 0.4) is 0 Å². The first-order valence-corrected chi connectivity index (χ1v) is 13.1. The maximum atomic E-state index is 6.19. The van der Waals surface area contributed by atoms with Gasteiger partial charge in [-0.25, -0.2) is 4.98 Å². The number of guanidine groups is 1. The van der Waals surface area contributed by atoms with Gasteiger partial charge in [0.25, 0.3) is 5.78 Å². The molecule has 0 aliphatic carbocycles. The van der Waals surface area contributed by atoms with Crippen molar-refractivity contribution in [2.75, 3.05) is 11.1 Å². The summed E-state index contributed by atoms with van der Waals surface area (Å²) in [5, 5.41) is 15.8. The Labute approximate surface area is 241 Å². The fourth-order valence-electron chi connectivity index (χ4n) is 4.18. The monoisotopic (exact) mass is 554 g/mol. The van der Waals surface area contributed by atoms with Crippen LogP contribution in [0.5, 0.6) is 5.75 Å². The van der Waals surface area contributed by atoms with Crippen molar-refractivity contribution in [3.63, 3.8) is 0 Å². The maximum absolute atomic E-state index is 6.19. The van der Waals surface area contributed by atoms with Crippen LogP contribution in [-0.4, -0.2) is 35.7 Å². The Morgan fingerprint density at radius 3 is 2.50 bits per heavy atom. The van der Waals surface area contributed by atoms with Gasteiger partial charge in [-0.2, -0.15) is 14.5 Å². The van der Waals surface area contributed by atoms with Gasteiger partial charge in [0.1, 0.15) is 12.4 Å². The standard InChI is InChI=1S/C31H26N10O/c32-29(36-28-17-16-27(38-39-28)22-6-2-1-3-7-22)35-26-9-5-4-8-23(26)20-42-25-14-11-21(12-15-25)10-13-24-18-19-34-31-37-30(33)40-41(24)31/h1-19H,20H2,(H2,33,40)(H3,32,35,36,39). The molecule has 206 valence electrons. The predicted octanol–water partition coefficient (Wildman–Crippen LogP) is 4.97. The summed E-state index contributed by atoms with van der Waals surface area (Å²) < 4.78 is 7.65. The van der Waals surface area contributed by atoms with Gasteiger partial charge in [-0.05, 0) is 48.0 Å². The zero-order valence-electron chi connectivity index (χ0n) is 22.4. The van der Waals surface area contributed by atoms with Gasteiger partial charge in [-0.3, -0.25) is 0 Å². The molecule has 0 spiro atoms. The molecule has 0 aliphatic heterocycles. The van der Waals surface area contributed by atoms with Crippen molar-refractivity contribution in [3.05, 3.63) is 120 Å². The van der Waals surface area contributed by atoms with Crippen LogP contribution < -0.4 is 21.5 Å². The number of para-hydroxylation sites is 1. The Morgan fingerprint density at radius 1 is 0.881 bits per heavy atom. The van der Waals surface area contributed by atoms with Gasteiger partial charge in [0.05, 0.1) is 11.4 Å². The second kappa shape index (κ2) is 12.0. The van der Waals surface area contributed by atoms with E-state index in [9.17, 15) is 0 Å². The third-order valence-corrected chi connectivity index (χ3v) is 6.24. The number of nitrogens with one attached hydrogen (secondary N) is 1. The number of aromatic nitrogens is 6. The summed E-state index contributed by atoms with van der Waals surface area (Å²) in [6, 6.07) is 30.8. The molecule has 3 aromatic carbocycles. The van der Waals surface area contributed by atoms with Gasteiger partial charge >= 0.3 is 0 Å². The van der Waals surface area contributed by atoms with Gasteiger partial charge in [0.15, 0.2) is 11.8 Å². The van der Waals surface area contributed by atoms with Crippen LogP contribution in [0.25, 0.3) is 29.2 Å². The molecule has 0 aliphatic rings. The smallest absolute Gasteiger partial charge is 0.254 e. The molecule has 42 heavy (non-hydrogen) atoms. The predicted molar refractivity (Wildman–Crippen MR) is 164 cm³/mol. The Hall–Kier alpha value is -6.10. The lowest BCUT2D eigenvalue weighted by atomic mass is 10.1. The Balaban J connectivity index is 1.08. The highest BCUT2D eigenvalue weighted by molar-refractivity contribution is 5.94. The van der Waals surface area contributed by atoms with Gasteiger partial charge in [0.2, 0.25) is 5.95 Å². The number of nitrogens with zero attached hydrogens (tertiary/aromatic N) is 7. The third kappa shape index (κ3) is 6.20. The zero-order chi connectivity index (χ0) is 28.7. The van der Waals surface area contributed by atoms with Crippen LogP contribution in [0.1, 0.15) is 16.8 Å². The molecule has 0 amide bonds. The van der Waals surface area contributed by atoms with E-state index in [0.717, 1.165) is 39.5 Å². The van der Waals surface area contributed by atoms with Crippen LogP contribution in [0.2, 0.25) is 0 Å². The van der Waals surface area contributed by atoms with Crippen molar-refractivity contribution in [1.29, 1.82) is 0 Å². The van der Waals surface area contributed by atoms with Crippen LogP contribution in [-0.2, 0) is 6.61 Å². The summed E-state index contributed by atoms with van der Waals surface area (Å²) in [5.41, 5.74) is 17.1. The van der Waals surface area contributed by atoms with E-state index >= 15 is 0 Å². The van der Waals surface area contributed by atoms with Crippen LogP contribution >= 0.6 is 0 Å². The maximum Gasteiger partial charge on any atom is 0.254 e. The molecular formula is C31H26N10O. The molecule has 0 saturated heterocycles. The van der Waals surface area contributed by atoms with E-state index in [1.165, 1.54) is 0 Å². The van der Waals surface area contributed by atoms with Crippen molar-refractivity contribution in [3.8, 4) is 17.0 Å². The Kier molecular flexibility index (Phi) is 7.45. The Morgan fingerprint density at radius 2 is 1.69 bits per heavy atom. The molecule has 0 radical (unpaired) electrons. The lowest BCUT2D eigenvalue weighted by molar-refractivity contribution is 0.307. The highest BCUT2D eigenvalue weighted by Crippen LogP contribution is 2.21. The molecule has 11 heteroatoms. The first-order valence-electron chi connectivity index (χ1n) is 13.1. The number of hydrogen-bond donors (Lipinski definition) is 3. The molecule has 11 nitrogen and oxygen atoms in total. The summed E-state index contributed by atoms with van der Waals surface area (Å²) in [5.74, 6) is 1.96. The number of fused-ring (bicyclic) bond motifs is 1. The van der Waals surface area contributed by atoms with E-state index in [1.807, 2.05) is 103 Å².